The molecule has 150 valence electrons. The zero-order chi connectivity index (χ0) is 20.5. The maximum absolute atomic E-state index is 10.9. The summed E-state index contributed by atoms with van der Waals surface area (Å²) >= 11 is 0. The number of hydrogen-bond donors (Lipinski definition) is 1. The van der Waals surface area contributed by atoms with Crippen molar-refractivity contribution in [1.82, 2.24) is 0 Å². The minimum Gasteiger partial charge on any atom is -0.385 e. The first kappa shape index (κ1) is 19.7. The Labute approximate surface area is 174 Å². The van der Waals surface area contributed by atoms with E-state index in [-0.39, 0.29) is 5.41 Å². The maximum atomic E-state index is 10.9. The Morgan fingerprint density at radius 1 is 0.793 bits per heavy atom. The second-order valence-electron chi connectivity index (χ2n) is 9.38. The van der Waals surface area contributed by atoms with Crippen molar-refractivity contribution >= 4 is 5.69 Å². The number of aliphatic hydroxyl groups is 1. The van der Waals surface area contributed by atoms with Gasteiger partial charge in [-0.05, 0) is 52.6 Å². The second kappa shape index (κ2) is 7.68. The van der Waals surface area contributed by atoms with E-state index in [0.29, 0.717) is 0 Å². The average Bonchev–Trinajstić information content (AvgIpc) is 3.47. The number of anilines is 1. The van der Waals surface area contributed by atoms with E-state index in [4.69, 9.17) is 0 Å². The van der Waals surface area contributed by atoms with Crippen LogP contribution < -0.4 is 4.90 Å². The van der Waals surface area contributed by atoms with Crippen molar-refractivity contribution in [3.05, 3.63) is 101 Å². The summed E-state index contributed by atoms with van der Waals surface area (Å²) in [5.74, 6) is 0. The molecule has 0 unspecified atom stereocenters. The first-order valence-corrected chi connectivity index (χ1v) is 10.5. The molecule has 0 atom stereocenters. The number of nitrogens with zero attached hydrogens (tertiary/aromatic N) is 1. The predicted octanol–water partition coefficient (Wildman–Crippen LogP) is 6.17. The highest BCUT2D eigenvalue weighted by Crippen LogP contribution is 2.47. The molecular weight excluding hydrogens is 354 g/mol. The van der Waals surface area contributed by atoms with Crippen LogP contribution in [0.25, 0.3) is 0 Å². The van der Waals surface area contributed by atoms with Gasteiger partial charge in [0.25, 0.3) is 0 Å². The lowest BCUT2D eigenvalue weighted by Gasteiger charge is -2.29. The second-order valence-corrected chi connectivity index (χ2v) is 9.38. The molecule has 0 aliphatic heterocycles. The highest BCUT2D eigenvalue weighted by Gasteiger charge is 2.42. The van der Waals surface area contributed by atoms with E-state index in [0.717, 1.165) is 31.5 Å². The van der Waals surface area contributed by atoms with Gasteiger partial charge < -0.3 is 10.0 Å². The van der Waals surface area contributed by atoms with Gasteiger partial charge in [0.15, 0.2) is 0 Å². The van der Waals surface area contributed by atoms with Gasteiger partial charge in [0, 0.05) is 18.8 Å². The Balaban J connectivity index is 1.76. The standard InChI is InChI=1S/C27H31NO/c1-26(2,3)23-16-24(27(29)14-15-27)18-25(17-23)28(19-21-10-6-4-7-11-21)20-22-12-8-5-9-13-22/h4-13,16-18,29H,14-15,19-20H2,1-3H3. The SMILES string of the molecule is CC(C)(C)c1cc(N(Cc2ccccc2)Cc2ccccc2)cc(C2(O)CC2)c1. The van der Waals surface area contributed by atoms with E-state index in [1.807, 2.05) is 0 Å². The molecule has 1 aliphatic rings. The van der Waals surface area contributed by atoms with E-state index in [1.165, 1.54) is 22.4 Å². The molecule has 1 aliphatic carbocycles. The molecule has 0 radical (unpaired) electrons. The molecule has 0 saturated heterocycles. The summed E-state index contributed by atoms with van der Waals surface area (Å²) in [5.41, 5.74) is 5.48. The first-order valence-electron chi connectivity index (χ1n) is 10.5. The van der Waals surface area contributed by atoms with Crippen LogP contribution in [0.5, 0.6) is 0 Å². The number of benzene rings is 3. The van der Waals surface area contributed by atoms with E-state index in [1.54, 1.807) is 0 Å². The fraction of sp³-hybridized carbons (Fsp3) is 0.333. The number of rotatable bonds is 6. The van der Waals surface area contributed by atoms with Crippen LogP contribution in [0.1, 0.15) is 55.9 Å². The summed E-state index contributed by atoms with van der Waals surface area (Å²) in [7, 11) is 0. The lowest BCUT2D eigenvalue weighted by atomic mass is 9.84. The van der Waals surface area contributed by atoms with Crippen molar-refractivity contribution in [3.8, 4) is 0 Å². The van der Waals surface area contributed by atoms with E-state index in [2.05, 4.69) is 105 Å². The highest BCUT2D eigenvalue weighted by molar-refractivity contribution is 5.55. The molecule has 1 N–H and O–H groups in total. The van der Waals surface area contributed by atoms with E-state index < -0.39 is 5.60 Å². The third-order valence-electron chi connectivity index (χ3n) is 5.84. The van der Waals surface area contributed by atoms with Gasteiger partial charge in [-0.15, -0.1) is 0 Å². The Hall–Kier alpha value is -2.58. The van der Waals surface area contributed by atoms with Gasteiger partial charge in [-0.1, -0.05) is 87.5 Å². The Morgan fingerprint density at radius 2 is 1.31 bits per heavy atom. The Morgan fingerprint density at radius 3 is 1.76 bits per heavy atom. The zero-order valence-corrected chi connectivity index (χ0v) is 17.7. The normalized spacial score (nSPS) is 15.2. The predicted molar refractivity (Wildman–Crippen MR) is 121 cm³/mol. The molecule has 29 heavy (non-hydrogen) atoms. The lowest BCUT2D eigenvalue weighted by Crippen LogP contribution is -2.24. The molecule has 0 aromatic heterocycles. The topological polar surface area (TPSA) is 23.5 Å². The molecule has 0 bridgehead atoms. The third-order valence-corrected chi connectivity index (χ3v) is 5.84. The van der Waals surface area contributed by atoms with Crippen LogP contribution >= 0.6 is 0 Å². The fourth-order valence-electron chi connectivity index (χ4n) is 3.75. The maximum Gasteiger partial charge on any atom is 0.0899 e. The van der Waals surface area contributed by atoms with Crippen molar-refractivity contribution in [2.45, 2.75) is 57.7 Å². The largest absolute Gasteiger partial charge is 0.385 e. The van der Waals surface area contributed by atoms with Gasteiger partial charge in [-0.25, -0.2) is 0 Å². The van der Waals surface area contributed by atoms with Crippen LogP contribution in [0, 0.1) is 0 Å². The highest BCUT2D eigenvalue weighted by atomic mass is 16.3. The molecule has 2 heteroatoms. The third kappa shape index (κ3) is 4.71. The Kier molecular flexibility index (Phi) is 5.23. The Bertz CT molecular complexity index is 888. The molecule has 3 aromatic rings. The minimum atomic E-state index is -0.638. The molecule has 1 saturated carbocycles. The van der Waals surface area contributed by atoms with Crippen molar-refractivity contribution in [3.63, 3.8) is 0 Å². The minimum absolute atomic E-state index is 0.0289. The molecule has 4 rings (SSSR count). The zero-order valence-electron chi connectivity index (χ0n) is 17.7. The van der Waals surface area contributed by atoms with Crippen LogP contribution in [-0.4, -0.2) is 5.11 Å². The lowest BCUT2D eigenvalue weighted by molar-refractivity contribution is 0.151. The molecule has 0 amide bonds. The fourth-order valence-corrected chi connectivity index (χ4v) is 3.75. The van der Waals surface area contributed by atoms with Crippen LogP contribution in [0.2, 0.25) is 0 Å². The van der Waals surface area contributed by atoms with E-state index in [9.17, 15) is 5.11 Å². The summed E-state index contributed by atoms with van der Waals surface area (Å²) in [4.78, 5) is 2.43. The van der Waals surface area contributed by atoms with Crippen molar-refractivity contribution in [1.29, 1.82) is 0 Å². The van der Waals surface area contributed by atoms with Crippen LogP contribution in [0.4, 0.5) is 5.69 Å². The van der Waals surface area contributed by atoms with Gasteiger partial charge in [0.1, 0.15) is 0 Å². The molecule has 3 aromatic carbocycles. The monoisotopic (exact) mass is 385 g/mol. The summed E-state index contributed by atoms with van der Waals surface area (Å²) in [6.45, 7) is 8.39. The molecule has 2 nitrogen and oxygen atoms in total. The summed E-state index contributed by atoms with van der Waals surface area (Å²) < 4.78 is 0. The summed E-state index contributed by atoms with van der Waals surface area (Å²) in [5, 5.41) is 10.9. The van der Waals surface area contributed by atoms with Gasteiger partial charge in [-0.3, -0.25) is 0 Å². The van der Waals surface area contributed by atoms with Crippen molar-refractivity contribution < 1.29 is 5.11 Å². The summed E-state index contributed by atoms with van der Waals surface area (Å²) in [6.07, 6.45) is 1.72. The van der Waals surface area contributed by atoms with Gasteiger partial charge in [0.05, 0.1) is 5.60 Å². The summed E-state index contributed by atoms with van der Waals surface area (Å²) in [6, 6.07) is 28.0. The number of hydrogen-bond acceptors (Lipinski definition) is 2. The van der Waals surface area contributed by atoms with Gasteiger partial charge in [0.2, 0.25) is 0 Å². The van der Waals surface area contributed by atoms with Crippen molar-refractivity contribution in [2.24, 2.45) is 0 Å². The van der Waals surface area contributed by atoms with Crippen molar-refractivity contribution in [2.75, 3.05) is 4.90 Å². The van der Waals surface area contributed by atoms with E-state index >= 15 is 0 Å². The van der Waals surface area contributed by atoms with Gasteiger partial charge >= 0.3 is 0 Å². The molecule has 1 fully saturated rings. The van der Waals surface area contributed by atoms with Crippen LogP contribution in [0.3, 0.4) is 0 Å². The van der Waals surface area contributed by atoms with Crippen LogP contribution in [-0.2, 0) is 24.1 Å². The quantitative estimate of drug-likeness (QED) is 0.548. The van der Waals surface area contributed by atoms with Gasteiger partial charge in [-0.2, -0.15) is 0 Å². The molecular formula is C27H31NO. The average molecular weight is 386 g/mol. The molecule has 0 spiro atoms. The smallest absolute Gasteiger partial charge is 0.0899 e. The first-order chi connectivity index (χ1) is 13.8. The molecule has 0 heterocycles. The van der Waals surface area contributed by atoms with Crippen LogP contribution in [0.15, 0.2) is 78.9 Å².